The van der Waals surface area contributed by atoms with Crippen LogP contribution in [0.2, 0.25) is 0 Å². The van der Waals surface area contributed by atoms with Crippen LogP contribution in [0.5, 0.6) is 0 Å². The molecule has 3 aliphatic rings. The van der Waals surface area contributed by atoms with E-state index in [9.17, 15) is 5.26 Å². The van der Waals surface area contributed by atoms with Crippen molar-refractivity contribution in [1.29, 1.82) is 5.26 Å². The van der Waals surface area contributed by atoms with E-state index < -0.39 is 0 Å². The molecule has 0 atom stereocenters. The van der Waals surface area contributed by atoms with Crippen molar-refractivity contribution in [2.45, 2.75) is 25.8 Å². The molecule has 0 amide bonds. The summed E-state index contributed by atoms with van der Waals surface area (Å²) in [5.41, 5.74) is 15.2. The largest absolute Gasteiger partial charge is 0.339 e. The van der Waals surface area contributed by atoms with Crippen molar-refractivity contribution in [1.82, 2.24) is 4.57 Å². The van der Waals surface area contributed by atoms with Gasteiger partial charge in [0.25, 0.3) is 0 Å². The lowest BCUT2D eigenvalue weighted by Crippen LogP contribution is -2.28. The van der Waals surface area contributed by atoms with E-state index in [1.165, 1.54) is 55.5 Å². The molecule has 3 nitrogen and oxygen atoms in total. The highest BCUT2D eigenvalue weighted by Gasteiger charge is 2.28. The summed E-state index contributed by atoms with van der Waals surface area (Å²) in [6, 6.07) is 43.5. The van der Waals surface area contributed by atoms with Gasteiger partial charge in [-0.3, -0.25) is 0 Å². The van der Waals surface area contributed by atoms with Gasteiger partial charge in [0, 0.05) is 39.8 Å². The molecule has 0 unspecified atom stereocenters. The zero-order chi connectivity index (χ0) is 32.0. The van der Waals surface area contributed by atoms with Crippen molar-refractivity contribution in [2.24, 2.45) is 0 Å². The minimum absolute atomic E-state index is 0.670. The van der Waals surface area contributed by atoms with Gasteiger partial charge < -0.3 is 9.47 Å². The van der Waals surface area contributed by atoms with E-state index in [1.54, 1.807) is 0 Å². The van der Waals surface area contributed by atoms with Crippen LogP contribution in [0.4, 0.5) is 5.69 Å². The molecule has 228 valence electrons. The minimum atomic E-state index is 0.670. The number of fused-ring (bicyclic) bond motifs is 5. The molecule has 9 rings (SSSR count). The van der Waals surface area contributed by atoms with Crippen LogP contribution in [0.15, 0.2) is 157 Å². The molecular formula is C45H33N3. The van der Waals surface area contributed by atoms with E-state index in [4.69, 9.17) is 0 Å². The molecule has 3 heteroatoms. The van der Waals surface area contributed by atoms with E-state index in [0.29, 0.717) is 5.56 Å². The highest BCUT2D eigenvalue weighted by Crippen LogP contribution is 2.45. The summed E-state index contributed by atoms with van der Waals surface area (Å²) in [6.07, 6.45) is 16.6. The van der Waals surface area contributed by atoms with Gasteiger partial charge in [0.1, 0.15) is 0 Å². The van der Waals surface area contributed by atoms with Crippen molar-refractivity contribution < 1.29 is 0 Å². The third-order valence-electron chi connectivity index (χ3n) is 9.95. The Morgan fingerprint density at radius 3 is 2.15 bits per heavy atom. The van der Waals surface area contributed by atoms with Gasteiger partial charge in [-0.25, -0.2) is 0 Å². The summed E-state index contributed by atoms with van der Waals surface area (Å²) in [6.45, 7) is 0.774. The number of para-hydroxylation sites is 2. The molecule has 0 saturated carbocycles. The highest BCUT2D eigenvalue weighted by molar-refractivity contribution is 6.11. The molecule has 0 saturated heterocycles. The quantitative estimate of drug-likeness (QED) is 0.198. The standard InChI is InChI=1S/C45H33N3/c46-29-31-25-26-41(45(27-31)47-30-33-14-2-4-17-36(33)38-19-7-10-22-42(38)47)37-18-6-5-16-35(37)32-13-1-3-15-34(28-32)48-43-23-11-8-20-39(43)40-21-9-12-24-44(40)48/h1-2,4-9,11-21,23-28H,3,10,22,30H2. The third-order valence-corrected chi connectivity index (χ3v) is 9.95. The molecule has 0 N–H and O–H groups in total. The van der Waals surface area contributed by atoms with E-state index >= 15 is 0 Å². The Labute approximate surface area is 281 Å². The van der Waals surface area contributed by atoms with E-state index in [0.717, 1.165) is 48.2 Å². The summed E-state index contributed by atoms with van der Waals surface area (Å²) < 4.78 is 2.41. The zero-order valence-corrected chi connectivity index (χ0v) is 26.6. The normalized spacial score (nSPS) is 15.5. The van der Waals surface area contributed by atoms with Crippen LogP contribution in [-0.2, 0) is 6.54 Å². The first-order valence-electron chi connectivity index (χ1n) is 16.7. The van der Waals surface area contributed by atoms with Gasteiger partial charge in [0.2, 0.25) is 0 Å². The SMILES string of the molecule is N#Cc1ccc(-c2ccccc2C2=CC(n3c4ccccc4c4ccccc43)=CCC=C2)c(N2Cc3ccccc3C3=C2CCC=C3)c1. The highest BCUT2D eigenvalue weighted by atomic mass is 15.2. The predicted octanol–water partition coefficient (Wildman–Crippen LogP) is 11.3. The molecule has 0 radical (unpaired) electrons. The summed E-state index contributed by atoms with van der Waals surface area (Å²) in [4.78, 5) is 2.47. The van der Waals surface area contributed by atoms with E-state index in [-0.39, 0.29) is 0 Å². The smallest absolute Gasteiger partial charge is 0.0992 e. The zero-order valence-electron chi connectivity index (χ0n) is 26.6. The Hall–Kier alpha value is -6.11. The molecule has 2 heterocycles. The number of hydrogen-bond acceptors (Lipinski definition) is 2. The van der Waals surface area contributed by atoms with Crippen LogP contribution in [0.1, 0.15) is 41.5 Å². The first-order chi connectivity index (χ1) is 23.8. The van der Waals surface area contributed by atoms with Gasteiger partial charge in [-0.15, -0.1) is 0 Å². The molecule has 1 aliphatic heterocycles. The van der Waals surface area contributed by atoms with Gasteiger partial charge in [0.15, 0.2) is 0 Å². The number of aromatic nitrogens is 1. The first kappa shape index (κ1) is 28.1. The van der Waals surface area contributed by atoms with Crippen LogP contribution in [-0.4, -0.2) is 4.57 Å². The molecule has 5 aromatic carbocycles. The second-order valence-corrected chi connectivity index (χ2v) is 12.7. The van der Waals surface area contributed by atoms with Gasteiger partial charge in [-0.2, -0.15) is 5.26 Å². The maximum Gasteiger partial charge on any atom is 0.0992 e. The van der Waals surface area contributed by atoms with E-state index in [1.807, 2.05) is 6.07 Å². The molecule has 2 aliphatic carbocycles. The average molecular weight is 616 g/mol. The fourth-order valence-corrected chi connectivity index (χ4v) is 7.79. The van der Waals surface area contributed by atoms with Crippen LogP contribution in [0, 0.1) is 11.3 Å². The Morgan fingerprint density at radius 1 is 0.646 bits per heavy atom. The lowest BCUT2D eigenvalue weighted by molar-refractivity contribution is 0.813. The Bertz CT molecular complexity index is 2420. The van der Waals surface area contributed by atoms with Crippen LogP contribution >= 0.6 is 0 Å². The van der Waals surface area contributed by atoms with Gasteiger partial charge in [-0.05, 0) is 77.4 Å². The fourth-order valence-electron chi connectivity index (χ4n) is 7.79. The molecule has 0 fully saturated rings. The maximum atomic E-state index is 10.1. The molecule has 6 aromatic rings. The van der Waals surface area contributed by atoms with Gasteiger partial charge >= 0.3 is 0 Å². The van der Waals surface area contributed by atoms with Crippen LogP contribution < -0.4 is 4.90 Å². The third kappa shape index (κ3) is 4.57. The van der Waals surface area contributed by atoms with Gasteiger partial charge in [-0.1, -0.05) is 121 Å². The lowest BCUT2D eigenvalue weighted by atomic mass is 9.87. The number of rotatable bonds is 4. The maximum absolute atomic E-state index is 10.1. The van der Waals surface area contributed by atoms with Crippen molar-refractivity contribution in [3.63, 3.8) is 0 Å². The van der Waals surface area contributed by atoms with Crippen molar-refractivity contribution >= 4 is 44.3 Å². The average Bonchev–Trinajstić information content (AvgIpc) is 3.29. The molecule has 48 heavy (non-hydrogen) atoms. The molecular weight excluding hydrogens is 583 g/mol. The van der Waals surface area contributed by atoms with Crippen molar-refractivity contribution in [3.8, 4) is 17.2 Å². The lowest BCUT2D eigenvalue weighted by Gasteiger charge is -2.37. The number of allylic oxidation sites excluding steroid dienone is 10. The molecule has 0 bridgehead atoms. The summed E-state index contributed by atoms with van der Waals surface area (Å²) in [7, 11) is 0. The number of hydrogen-bond donors (Lipinski definition) is 0. The Balaban J connectivity index is 1.22. The summed E-state index contributed by atoms with van der Waals surface area (Å²) in [5.74, 6) is 0. The second kappa shape index (κ2) is 11.6. The number of nitriles is 1. The summed E-state index contributed by atoms with van der Waals surface area (Å²) in [5, 5.41) is 12.6. The number of anilines is 1. The molecule has 0 spiro atoms. The number of benzene rings is 5. The first-order valence-corrected chi connectivity index (χ1v) is 16.7. The van der Waals surface area contributed by atoms with Crippen LogP contribution in [0.3, 0.4) is 0 Å². The fraction of sp³-hybridized carbons (Fsp3) is 0.0889. The Kier molecular flexibility index (Phi) is 6.80. The van der Waals surface area contributed by atoms with E-state index in [2.05, 4.69) is 161 Å². The monoisotopic (exact) mass is 615 g/mol. The van der Waals surface area contributed by atoms with Crippen molar-refractivity contribution in [3.05, 3.63) is 180 Å². The molecule has 1 aromatic heterocycles. The van der Waals surface area contributed by atoms with Crippen molar-refractivity contribution in [2.75, 3.05) is 4.90 Å². The van der Waals surface area contributed by atoms with Gasteiger partial charge in [0.05, 0.1) is 28.4 Å². The Morgan fingerprint density at radius 2 is 1.35 bits per heavy atom. The second-order valence-electron chi connectivity index (χ2n) is 12.7. The minimum Gasteiger partial charge on any atom is -0.339 e. The predicted molar refractivity (Wildman–Crippen MR) is 200 cm³/mol. The van der Waals surface area contributed by atoms with Crippen LogP contribution in [0.25, 0.3) is 49.8 Å². The summed E-state index contributed by atoms with van der Waals surface area (Å²) >= 11 is 0. The number of nitrogens with zero attached hydrogens (tertiary/aromatic N) is 3. The topological polar surface area (TPSA) is 32.0 Å².